The minimum atomic E-state index is -0.137. The highest BCUT2D eigenvalue weighted by atomic mass is 16.3. The molecule has 4 heteroatoms. The monoisotopic (exact) mass is 520 g/mol. The van der Waals surface area contributed by atoms with Gasteiger partial charge in [0.15, 0.2) is 6.20 Å². The number of aromatic nitrogens is 1. The van der Waals surface area contributed by atoms with E-state index < -0.39 is 0 Å². The van der Waals surface area contributed by atoms with Crippen molar-refractivity contribution in [2.45, 2.75) is 26.2 Å². The van der Waals surface area contributed by atoms with Gasteiger partial charge in [-0.2, -0.15) is 5.26 Å². The first-order valence-electron chi connectivity index (χ1n) is 13.7. The number of anilines is 2. The molecule has 0 atom stereocenters. The van der Waals surface area contributed by atoms with Crippen LogP contribution in [0.25, 0.3) is 44.3 Å². The second kappa shape index (κ2) is 8.83. The van der Waals surface area contributed by atoms with Crippen LogP contribution in [0.15, 0.2) is 102 Å². The van der Waals surface area contributed by atoms with E-state index in [4.69, 9.17) is 4.42 Å². The number of fused-ring (bicyclic) bond motifs is 4. The molecule has 0 amide bonds. The minimum absolute atomic E-state index is 0.137. The Hall–Kier alpha value is -4.88. The number of hydrogen-bond donors (Lipinski definition) is 0. The Morgan fingerprint density at radius 2 is 1.55 bits per heavy atom. The van der Waals surface area contributed by atoms with Gasteiger partial charge in [-0.05, 0) is 60.0 Å². The van der Waals surface area contributed by atoms with Crippen LogP contribution in [0.1, 0.15) is 30.5 Å². The largest absolute Gasteiger partial charge is 0.454 e. The maximum absolute atomic E-state index is 10.3. The van der Waals surface area contributed by atoms with Crippen LogP contribution in [0, 0.1) is 18.3 Å². The van der Waals surface area contributed by atoms with Crippen LogP contribution >= 0.6 is 0 Å². The Morgan fingerprint density at radius 1 is 0.825 bits per heavy atom. The lowest BCUT2D eigenvalue weighted by Crippen LogP contribution is -2.30. The Kier molecular flexibility index (Phi) is 5.34. The van der Waals surface area contributed by atoms with Crippen molar-refractivity contribution in [1.29, 1.82) is 5.26 Å². The number of furan rings is 1. The molecule has 1 aliphatic rings. The van der Waals surface area contributed by atoms with Crippen molar-refractivity contribution in [3.63, 3.8) is 0 Å². The lowest BCUT2D eigenvalue weighted by molar-refractivity contribution is -0.660. The molecule has 0 fully saturated rings. The van der Waals surface area contributed by atoms with Crippen molar-refractivity contribution in [3.8, 4) is 28.5 Å². The molecule has 0 saturated heterocycles. The fourth-order valence-corrected chi connectivity index (χ4v) is 6.55. The van der Waals surface area contributed by atoms with Crippen molar-refractivity contribution < 1.29 is 8.98 Å². The number of nitriles is 1. The highest BCUT2D eigenvalue weighted by Gasteiger charge is 2.39. The first-order chi connectivity index (χ1) is 19.4. The fourth-order valence-electron chi connectivity index (χ4n) is 6.55. The smallest absolute Gasteiger partial charge is 0.216 e. The van der Waals surface area contributed by atoms with E-state index in [0.29, 0.717) is 5.56 Å². The average Bonchev–Trinajstić information content (AvgIpc) is 3.48. The van der Waals surface area contributed by atoms with Gasteiger partial charge >= 0.3 is 0 Å². The van der Waals surface area contributed by atoms with Gasteiger partial charge in [0.2, 0.25) is 5.69 Å². The van der Waals surface area contributed by atoms with Crippen LogP contribution in [-0.2, 0) is 12.5 Å². The van der Waals surface area contributed by atoms with Crippen LogP contribution in [0.2, 0.25) is 0 Å². The summed E-state index contributed by atoms with van der Waals surface area (Å²) in [7, 11) is 2.06. The van der Waals surface area contributed by atoms with Crippen LogP contribution < -0.4 is 9.47 Å². The predicted molar refractivity (Wildman–Crippen MR) is 162 cm³/mol. The molecule has 7 rings (SSSR count). The molecule has 40 heavy (non-hydrogen) atoms. The summed E-state index contributed by atoms with van der Waals surface area (Å²) in [5, 5.41) is 12.4. The number of benzene rings is 4. The van der Waals surface area contributed by atoms with Crippen LogP contribution in [-0.4, -0.2) is 6.54 Å². The lowest BCUT2D eigenvalue weighted by Gasteiger charge is -2.23. The van der Waals surface area contributed by atoms with Crippen LogP contribution in [0.4, 0.5) is 11.4 Å². The zero-order chi connectivity index (χ0) is 27.6. The second-order valence-corrected chi connectivity index (χ2v) is 11.4. The van der Waals surface area contributed by atoms with Gasteiger partial charge < -0.3 is 9.32 Å². The lowest BCUT2D eigenvalue weighted by atomic mass is 9.80. The molecule has 194 valence electrons. The molecule has 0 radical (unpaired) electrons. The SMILES string of the molecule is Cc1ccc2c(oc3c(-c4cccc5c4C(C)(C)CN5c4ccccc4)c(C#N)ccc32)c1-c1cccc[n+]1C. The number of hydrogen-bond acceptors (Lipinski definition) is 3. The van der Waals surface area contributed by atoms with E-state index >= 15 is 0 Å². The van der Waals surface area contributed by atoms with E-state index in [0.717, 1.165) is 56.4 Å². The number of para-hydroxylation sites is 1. The summed E-state index contributed by atoms with van der Waals surface area (Å²) in [5.41, 5.74) is 10.9. The molecule has 2 aromatic heterocycles. The first kappa shape index (κ1) is 24.2. The maximum Gasteiger partial charge on any atom is 0.216 e. The molecule has 3 heterocycles. The molecular formula is C36H30N3O+. The second-order valence-electron chi connectivity index (χ2n) is 11.4. The summed E-state index contributed by atoms with van der Waals surface area (Å²) in [4.78, 5) is 2.39. The van der Waals surface area contributed by atoms with E-state index in [2.05, 4.69) is 122 Å². The molecule has 0 unspecified atom stereocenters. The van der Waals surface area contributed by atoms with Gasteiger partial charge in [-0.15, -0.1) is 0 Å². The van der Waals surface area contributed by atoms with Crippen LogP contribution in [0.5, 0.6) is 0 Å². The van der Waals surface area contributed by atoms with E-state index in [1.165, 1.54) is 16.9 Å². The van der Waals surface area contributed by atoms with Crippen molar-refractivity contribution in [2.75, 3.05) is 11.4 Å². The number of nitrogens with zero attached hydrogens (tertiary/aromatic N) is 3. The standard InChI is InChI=1S/C36H30N3O/c1-23-16-18-26-27-19-17-24(21-37)32(35(27)40-34(26)31(23)29-14-8-9-20-38(29)4)28-13-10-15-30-33(28)36(2,3)22-39(30)25-11-6-5-7-12-25/h5-20H,22H2,1-4H3/q+1. The highest BCUT2D eigenvalue weighted by Crippen LogP contribution is 2.51. The van der Waals surface area contributed by atoms with Gasteiger partial charge in [-0.1, -0.05) is 56.3 Å². The van der Waals surface area contributed by atoms with Crippen molar-refractivity contribution in [1.82, 2.24) is 0 Å². The van der Waals surface area contributed by atoms with Gasteiger partial charge in [0.25, 0.3) is 0 Å². The Bertz CT molecular complexity index is 1990. The summed E-state index contributed by atoms with van der Waals surface area (Å²) in [6, 6.07) is 34.0. The summed E-state index contributed by atoms with van der Waals surface area (Å²) in [6.45, 7) is 7.57. The molecule has 6 aromatic rings. The summed E-state index contributed by atoms with van der Waals surface area (Å²) in [6.07, 6.45) is 2.06. The summed E-state index contributed by atoms with van der Waals surface area (Å²) >= 11 is 0. The van der Waals surface area contributed by atoms with Gasteiger partial charge in [0, 0.05) is 51.8 Å². The first-order valence-corrected chi connectivity index (χ1v) is 13.7. The van der Waals surface area contributed by atoms with E-state index in [1.54, 1.807) is 0 Å². The quantitative estimate of drug-likeness (QED) is 0.220. The third-order valence-electron chi connectivity index (χ3n) is 8.35. The topological polar surface area (TPSA) is 44.1 Å². The third-order valence-corrected chi connectivity index (χ3v) is 8.35. The molecule has 4 nitrogen and oxygen atoms in total. The number of pyridine rings is 1. The Labute approximate surface area is 234 Å². The van der Waals surface area contributed by atoms with E-state index in [1.807, 2.05) is 18.2 Å². The molecule has 0 aliphatic carbocycles. The predicted octanol–water partition coefficient (Wildman–Crippen LogP) is 8.35. The summed E-state index contributed by atoms with van der Waals surface area (Å²) in [5.74, 6) is 0. The van der Waals surface area contributed by atoms with Gasteiger partial charge in [-0.3, -0.25) is 0 Å². The average molecular weight is 521 g/mol. The molecule has 1 aliphatic heterocycles. The van der Waals surface area contributed by atoms with Gasteiger partial charge in [0.05, 0.1) is 17.2 Å². The zero-order valence-corrected chi connectivity index (χ0v) is 23.2. The maximum atomic E-state index is 10.3. The Balaban J connectivity index is 1.55. The van der Waals surface area contributed by atoms with E-state index in [9.17, 15) is 5.26 Å². The Morgan fingerprint density at radius 3 is 2.30 bits per heavy atom. The van der Waals surface area contributed by atoms with Crippen molar-refractivity contribution >= 4 is 33.3 Å². The fraction of sp³-hybridized carbons (Fsp3) is 0.167. The van der Waals surface area contributed by atoms with Crippen molar-refractivity contribution in [3.05, 3.63) is 114 Å². The minimum Gasteiger partial charge on any atom is -0.454 e. The highest BCUT2D eigenvalue weighted by molar-refractivity contribution is 6.14. The third kappa shape index (κ3) is 3.48. The van der Waals surface area contributed by atoms with Gasteiger partial charge in [-0.25, -0.2) is 4.57 Å². The molecule has 0 bridgehead atoms. The van der Waals surface area contributed by atoms with Crippen LogP contribution in [0.3, 0.4) is 0 Å². The zero-order valence-electron chi connectivity index (χ0n) is 23.2. The summed E-state index contributed by atoms with van der Waals surface area (Å²) < 4.78 is 8.99. The van der Waals surface area contributed by atoms with Gasteiger partial charge in [0.1, 0.15) is 18.2 Å². The molecule has 0 N–H and O–H groups in total. The van der Waals surface area contributed by atoms with Crippen molar-refractivity contribution in [2.24, 2.45) is 7.05 Å². The molecule has 4 aromatic carbocycles. The van der Waals surface area contributed by atoms with E-state index in [-0.39, 0.29) is 5.41 Å². The molecule has 0 saturated carbocycles. The molecular weight excluding hydrogens is 490 g/mol. The number of aryl methyl sites for hydroxylation is 2. The number of rotatable bonds is 3. The molecule has 0 spiro atoms. The normalized spacial score (nSPS) is 14.0.